The first-order valence-corrected chi connectivity index (χ1v) is 4.34. The minimum Gasteiger partial charge on any atom is -0.268 e. The summed E-state index contributed by atoms with van der Waals surface area (Å²) in [4.78, 5) is 22.7. The van der Waals surface area contributed by atoms with Crippen LogP contribution in [0.5, 0.6) is 0 Å². The third-order valence-electron chi connectivity index (χ3n) is 1.86. The van der Waals surface area contributed by atoms with E-state index in [2.05, 4.69) is 18.6 Å². The van der Waals surface area contributed by atoms with Gasteiger partial charge in [-0.05, 0) is 18.6 Å². The SMILES string of the molecule is C=CC(=O)N1CCCNN1C(=O)C=C. The van der Waals surface area contributed by atoms with E-state index in [1.165, 1.54) is 16.2 Å². The van der Waals surface area contributed by atoms with Crippen LogP contribution in [0.1, 0.15) is 6.42 Å². The molecule has 0 aliphatic carbocycles. The quantitative estimate of drug-likeness (QED) is 0.623. The van der Waals surface area contributed by atoms with E-state index in [0.717, 1.165) is 12.5 Å². The molecule has 0 aromatic rings. The van der Waals surface area contributed by atoms with Crippen molar-refractivity contribution in [2.75, 3.05) is 13.1 Å². The summed E-state index contributed by atoms with van der Waals surface area (Å²) >= 11 is 0. The van der Waals surface area contributed by atoms with Crippen molar-refractivity contribution in [1.29, 1.82) is 0 Å². The zero-order valence-electron chi connectivity index (χ0n) is 7.90. The number of nitrogens with one attached hydrogen (secondary N) is 1. The maximum absolute atomic E-state index is 11.3. The van der Waals surface area contributed by atoms with Gasteiger partial charge in [-0.15, -0.1) is 0 Å². The van der Waals surface area contributed by atoms with Crippen molar-refractivity contribution in [1.82, 2.24) is 15.6 Å². The zero-order valence-corrected chi connectivity index (χ0v) is 7.90. The molecule has 2 amide bonds. The molecule has 1 N–H and O–H groups in total. The summed E-state index contributed by atoms with van der Waals surface area (Å²) in [7, 11) is 0. The van der Waals surface area contributed by atoms with Gasteiger partial charge in [0.2, 0.25) is 0 Å². The van der Waals surface area contributed by atoms with Crippen LogP contribution in [-0.4, -0.2) is 35.0 Å². The van der Waals surface area contributed by atoms with Gasteiger partial charge in [0.1, 0.15) is 0 Å². The van der Waals surface area contributed by atoms with Gasteiger partial charge in [-0.1, -0.05) is 13.2 Å². The second-order valence-electron chi connectivity index (χ2n) is 2.78. The molecule has 0 radical (unpaired) electrons. The first-order valence-electron chi connectivity index (χ1n) is 4.34. The van der Waals surface area contributed by atoms with Crippen molar-refractivity contribution >= 4 is 11.8 Å². The molecule has 1 rings (SSSR count). The predicted molar refractivity (Wildman–Crippen MR) is 51.6 cm³/mol. The number of carbonyl (C=O) groups excluding carboxylic acids is 2. The van der Waals surface area contributed by atoms with E-state index < -0.39 is 0 Å². The number of hydrazine groups is 2. The molecule has 5 heteroatoms. The van der Waals surface area contributed by atoms with Crippen molar-refractivity contribution in [3.05, 3.63) is 25.3 Å². The Bertz CT molecular complexity index is 247. The lowest BCUT2D eigenvalue weighted by Gasteiger charge is -2.37. The zero-order chi connectivity index (χ0) is 10.6. The lowest BCUT2D eigenvalue weighted by atomic mass is 10.3. The second-order valence-corrected chi connectivity index (χ2v) is 2.78. The van der Waals surface area contributed by atoms with Gasteiger partial charge in [-0.2, -0.15) is 5.12 Å². The Kier molecular flexibility index (Phi) is 3.41. The Morgan fingerprint density at radius 3 is 2.43 bits per heavy atom. The van der Waals surface area contributed by atoms with E-state index in [0.29, 0.717) is 13.1 Å². The predicted octanol–water partition coefficient (Wildman–Crippen LogP) is -0.161. The summed E-state index contributed by atoms with van der Waals surface area (Å²) in [6.45, 7) is 7.91. The summed E-state index contributed by atoms with van der Waals surface area (Å²) in [5.41, 5.74) is 2.80. The molecule has 1 heterocycles. The normalized spacial score (nSPS) is 16.3. The van der Waals surface area contributed by atoms with Gasteiger partial charge in [0.25, 0.3) is 11.8 Å². The molecule has 0 aromatic heterocycles. The summed E-state index contributed by atoms with van der Waals surface area (Å²) < 4.78 is 0. The highest BCUT2D eigenvalue weighted by Crippen LogP contribution is 2.04. The van der Waals surface area contributed by atoms with E-state index in [-0.39, 0.29) is 11.8 Å². The molecule has 0 spiro atoms. The standard InChI is InChI=1S/C9H13N3O2/c1-3-8(13)11-7-5-6-10-12(11)9(14)4-2/h3-4,10H,1-2,5-7H2. The lowest BCUT2D eigenvalue weighted by Crippen LogP contribution is -2.59. The fraction of sp³-hybridized carbons (Fsp3) is 0.333. The van der Waals surface area contributed by atoms with Crippen LogP contribution in [0, 0.1) is 0 Å². The first-order chi connectivity index (χ1) is 6.70. The summed E-state index contributed by atoms with van der Waals surface area (Å²) in [6, 6.07) is 0. The van der Waals surface area contributed by atoms with Crippen LogP contribution in [0.25, 0.3) is 0 Å². The lowest BCUT2D eigenvalue weighted by molar-refractivity contribution is -0.169. The summed E-state index contributed by atoms with van der Waals surface area (Å²) in [6.07, 6.45) is 3.14. The van der Waals surface area contributed by atoms with Gasteiger partial charge in [-0.25, -0.2) is 10.4 Å². The third-order valence-corrected chi connectivity index (χ3v) is 1.86. The molecule has 0 aromatic carbocycles. The Morgan fingerprint density at radius 2 is 1.86 bits per heavy atom. The van der Waals surface area contributed by atoms with Gasteiger partial charge in [0.05, 0.1) is 0 Å². The monoisotopic (exact) mass is 195 g/mol. The molecule has 0 unspecified atom stereocenters. The number of hydrogen-bond acceptors (Lipinski definition) is 3. The minimum absolute atomic E-state index is 0.299. The molecule has 1 fully saturated rings. The van der Waals surface area contributed by atoms with E-state index in [1.54, 1.807) is 0 Å². The van der Waals surface area contributed by atoms with Gasteiger partial charge < -0.3 is 0 Å². The van der Waals surface area contributed by atoms with Crippen LogP contribution in [0.4, 0.5) is 0 Å². The Hall–Kier alpha value is -1.62. The highest BCUT2D eigenvalue weighted by molar-refractivity contribution is 5.92. The van der Waals surface area contributed by atoms with Crippen LogP contribution in [0.3, 0.4) is 0 Å². The van der Waals surface area contributed by atoms with Crippen molar-refractivity contribution in [3.8, 4) is 0 Å². The fourth-order valence-electron chi connectivity index (χ4n) is 1.20. The van der Waals surface area contributed by atoms with E-state index in [1.807, 2.05) is 0 Å². The van der Waals surface area contributed by atoms with Crippen LogP contribution >= 0.6 is 0 Å². The number of rotatable bonds is 2. The molecular formula is C9H13N3O2. The maximum atomic E-state index is 11.3. The van der Waals surface area contributed by atoms with E-state index >= 15 is 0 Å². The van der Waals surface area contributed by atoms with E-state index in [4.69, 9.17) is 0 Å². The molecule has 0 bridgehead atoms. The van der Waals surface area contributed by atoms with Crippen molar-refractivity contribution < 1.29 is 9.59 Å². The van der Waals surface area contributed by atoms with Gasteiger partial charge >= 0.3 is 0 Å². The molecule has 1 saturated heterocycles. The molecule has 1 aliphatic heterocycles. The topological polar surface area (TPSA) is 52.7 Å². The molecule has 5 nitrogen and oxygen atoms in total. The van der Waals surface area contributed by atoms with Gasteiger partial charge in [0, 0.05) is 13.1 Å². The minimum atomic E-state index is -0.347. The second kappa shape index (κ2) is 4.57. The molecule has 0 saturated carbocycles. The smallest absolute Gasteiger partial charge is 0.268 e. The van der Waals surface area contributed by atoms with Crippen LogP contribution < -0.4 is 5.43 Å². The van der Waals surface area contributed by atoms with Crippen molar-refractivity contribution in [3.63, 3.8) is 0 Å². The Morgan fingerprint density at radius 1 is 1.21 bits per heavy atom. The van der Waals surface area contributed by atoms with Crippen LogP contribution in [0.2, 0.25) is 0 Å². The molecule has 1 aliphatic rings. The average Bonchev–Trinajstić information content (AvgIpc) is 2.27. The largest absolute Gasteiger partial charge is 0.279 e. The fourth-order valence-corrected chi connectivity index (χ4v) is 1.20. The van der Waals surface area contributed by atoms with Crippen molar-refractivity contribution in [2.24, 2.45) is 0 Å². The number of nitrogens with zero attached hydrogens (tertiary/aromatic N) is 2. The Balaban J connectivity index is 2.77. The third kappa shape index (κ3) is 2.00. The Labute approximate surface area is 82.6 Å². The number of carbonyl (C=O) groups is 2. The summed E-state index contributed by atoms with van der Waals surface area (Å²) in [5.74, 6) is -0.646. The summed E-state index contributed by atoms with van der Waals surface area (Å²) in [5, 5.41) is 2.47. The van der Waals surface area contributed by atoms with Crippen molar-refractivity contribution in [2.45, 2.75) is 6.42 Å². The molecular weight excluding hydrogens is 182 g/mol. The maximum Gasteiger partial charge on any atom is 0.279 e. The molecule has 76 valence electrons. The van der Waals surface area contributed by atoms with Crippen LogP contribution in [-0.2, 0) is 9.59 Å². The van der Waals surface area contributed by atoms with Gasteiger partial charge in [0.15, 0.2) is 0 Å². The average molecular weight is 195 g/mol. The van der Waals surface area contributed by atoms with Gasteiger partial charge in [-0.3, -0.25) is 9.59 Å². The van der Waals surface area contributed by atoms with Crippen LogP contribution in [0.15, 0.2) is 25.3 Å². The molecule has 0 atom stereocenters. The number of amides is 2. The highest BCUT2D eigenvalue weighted by atomic mass is 16.2. The highest BCUT2D eigenvalue weighted by Gasteiger charge is 2.25. The van der Waals surface area contributed by atoms with E-state index in [9.17, 15) is 9.59 Å². The molecule has 14 heavy (non-hydrogen) atoms. The first kappa shape index (κ1) is 10.5. The number of hydrogen-bond donors (Lipinski definition) is 1.